The fourth-order valence-corrected chi connectivity index (χ4v) is 2.66. The van der Waals surface area contributed by atoms with Gasteiger partial charge in [-0.2, -0.15) is 0 Å². The highest BCUT2D eigenvalue weighted by Crippen LogP contribution is 2.53. The highest BCUT2D eigenvalue weighted by atomic mass is 79.9. The van der Waals surface area contributed by atoms with Gasteiger partial charge in [-0.3, -0.25) is 0 Å². The van der Waals surface area contributed by atoms with Crippen LogP contribution in [0.25, 0.3) is 0 Å². The molecule has 1 saturated carbocycles. The topological polar surface area (TPSA) is 0 Å². The van der Waals surface area contributed by atoms with Gasteiger partial charge in [-0.05, 0) is 35.8 Å². The Morgan fingerprint density at radius 1 is 1.31 bits per heavy atom. The minimum absolute atomic E-state index is 0.815. The second-order valence-corrected chi connectivity index (χ2v) is 5.13. The fourth-order valence-electron chi connectivity index (χ4n) is 2.08. The van der Waals surface area contributed by atoms with Gasteiger partial charge in [-0.1, -0.05) is 48.0 Å². The van der Waals surface area contributed by atoms with Crippen molar-refractivity contribution in [2.24, 2.45) is 11.8 Å². The molecule has 0 aliphatic heterocycles. The molecule has 0 aromatic heterocycles. The maximum atomic E-state index is 3.61. The molecule has 0 bridgehead atoms. The molecular weight excluding hydrogens is 224 g/mol. The van der Waals surface area contributed by atoms with Crippen LogP contribution in [-0.2, 0) is 0 Å². The van der Waals surface area contributed by atoms with E-state index < -0.39 is 0 Å². The van der Waals surface area contributed by atoms with Crippen molar-refractivity contribution in [3.8, 4) is 0 Å². The molecule has 0 radical (unpaired) electrons. The average molecular weight is 239 g/mol. The van der Waals surface area contributed by atoms with Crippen LogP contribution in [0.5, 0.6) is 0 Å². The van der Waals surface area contributed by atoms with Crippen molar-refractivity contribution < 1.29 is 0 Å². The Kier molecular flexibility index (Phi) is 2.46. The summed E-state index contributed by atoms with van der Waals surface area (Å²) >= 11 is 3.61. The summed E-state index contributed by atoms with van der Waals surface area (Å²) in [6.45, 7) is 4.64. The number of halogens is 1. The molecule has 1 heteroatoms. The van der Waals surface area contributed by atoms with E-state index in [-0.39, 0.29) is 0 Å². The minimum Gasteiger partial charge on any atom is -0.0625 e. The second-order valence-electron chi connectivity index (χ2n) is 4.27. The van der Waals surface area contributed by atoms with Gasteiger partial charge in [0.05, 0.1) is 0 Å². The van der Waals surface area contributed by atoms with Crippen molar-refractivity contribution >= 4 is 15.9 Å². The summed E-state index contributed by atoms with van der Waals surface area (Å²) < 4.78 is 1.28. The summed E-state index contributed by atoms with van der Waals surface area (Å²) in [5, 5.41) is 0. The molecular formula is C12H15Br. The zero-order valence-electron chi connectivity index (χ0n) is 8.13. The van der Waals surface area contributed by atoms with Gasteiger partial charge in [0.1, 0.15) is 0 Å². The van der Waals surface area contributed by atoms with Crippen LogP contribution in [0, 0.1) is 11.8 Å². The third kappa shape index (κ3) is 1.80. The van der Waals surface area contributed by atoms with E-state index in [2.05, 4.69) is 54.0 Å². The van der Waals surface area contributed by atoms with Gasteiger partial charge in [0.25, 0.3) is 0 Å². The molecule has 1 aliphatic rings. The lowest BCUT2D eigenvalue weighted by atomic mass is 10.0. The van der Waals surface area contributed by atoms with Crippen molar-refractivity contribution in [3.63, 3.8) is 0 Å². The predicted molar refractivity (Wildman–Crippen MR) is 59.8 cm³/mol. The molecule has 1 aromatic rings. The van der Waals surface area contributed by atoms with Crippen LogP contribution in [0.15, 0.2) is 28.7 Å². The molecule has 1 fully saturated rings. The van der Waals surface area contributed by atoms with Gasteiger partial charge in [-0.25, -0.2) is 0 Å². The van der Waals surface area contributed by atoms with Crippen molar-refractivity contribution in [1.29, 1.82) is 0 Å². The van der Waals surface area contributed by atoms with Gasteiger partial charge < -0.3 is 0 Å². The van der Waals surface area contributed by atoms with Gasteiger partial charge >= 0.3 is 0 Å². The van der Waals surface area contributed by atoms with Gasteiger partial charge in [0.2, 0.25) is 0 Å². The van der Waals surface area contributed by atoms with Crippen LogP contribution in [0.3, 0.4) is 0 Å². The van der Waals surface area contributed by atoms with Crippen LogP contribution in [0.1, 0.15) is 31.7 Å². The van der Waals surface area contributed by atoms with Crippen molar-refractivity contribution in [2.75, 3.05) is 0 Å². The van der Waals surface area contributed by atoms with E-state index in [0.29, 0.717) is 0 Å². The van der Waals surface area contributed by atoms with Crippen LogP contribution < -0.4 is 0 Å². The molecule has 2 unspecified atom stereocenters. The summed E-state index contributed by atoms with van der Waals surface area (Å²) in [4.78, 5) is 0. The van der Waals surface area contributed by atoms with E-state index >= 15 is 0 Å². The number of rotatable bonds is 2. The van der Waals surface area contributed by atoms with Crippen molar-refractivity contribution in [3.05, 3.63) is 34.3 Å². The number of benzene rings is 1. The molecule has 2 rings (SSSR count). The molecule has 2 atom stereocenters. The maximum absolute atomic E-state index is 3.61. The SMILES string of the molecule is CC(C)C1CC1c1ccccc1Br. The van der Waals surface area contributed by atoms with Crippen LogP contribution in [-0.4, -0.2) is 0 Å². The van der Waals surface area contributed by atoms with Crippen LogP contribution in [0.4, 0.5) is 0 Å². The van der Waals surface area contributed by atoms with Crippen LogP contribution in [0.2, 0.25) is 0 Å². The smallest absolute Gasteiger partial charge is 0.0210 e. The summed E-state index contributed by atoms with van der Waals surface area (Å²) in [5.41, 5.74) is 1.50. The summed E-state index contributed by atoms with van der Waals surface area (Å²) in [5.74, 6) is 2.56. The largest absolute Gasteiger partial charge is 0.0625 e. The number of hydrogen-bond acceptors (Lipinski definition) is 0. The lowest BCUT2D eigenvalue weighted by Crippen LogP contribution is -1.92. The van der Waals surface area contributed by atoms with E-state index in [9.17, 15) is 0 Å². The third-order valence-corrected chi connectivity index (χ3v) is 3.72. The van der Waals surface area contributed by atoms with E-state index in [0.717, 1.165) is 17.8 Å². The Balaban J connectivity index is 2.16. The quantitative estimate of drug-likeness (QED) is 0.725. The molecule has 0 spiro atoms. The molecule has 1 aromatic carbocycles. The third-order valence-electron chi connectivity index (χ3n) is 3.00. The first kappa shape index (κ1) is 9.26. The number of hydrogen-bond donors (Lipinski definition) is 0. The first-order valence-electron chi connectivity index (χ1n) is 4.94. The summed E-state index contributed by atoms with van der Waals surface area (Å²) in [7, 11) is 0. The molecule has 13 heavy (non-hydrogen) atoms. The zero-order chi connectivity index (χ0) is 9.42. The zero-order valence-corrected chi connectivity index (χ0v) is 9.71. The first-order valence-corrected chi connectivity index (χ1v) is 5.74. The minimum atomic E-state index is 0.815. The van der Waals surface area contributed by atoms with Gasteiger partial charge in [-0.15, -0.1) is 0 Å². The molecule has 0 saturated heterocycles. The van der Waals surface area contributed by atoms with Gasteiger partial charge in [0.15, 0.2) is 0 Å². The second kappa shape index (κ2) is 3.45. The monoisotopic (exact) mass is 238 g/mol. The Bertz CT molecular complexity index is 304. The van der Waals surface area contributed by atoms with E-state index in [1.807, 2.05) is 0 Å². The predicted octanol–water partition coefficient (Wildman–Crippen LogP) is 4.21. The normalized spacial score (nSPS) is 26.5. The Labute approximate surface area is 88.5 Å². The first-order chi connectivity index (χ1) is 6.20. The van der Waals surface area contributed by atoms with Crippen LogP contribution >= 0.6 is 15.9 Å². The maximum Gasteiger partial charge on any atom is 0.0210 e. The van der Waals surface area contributed by atoms with E-state index in [1.165, 1.54) is 16.5 Å². The lowest BCUT2D eigenvalue weighted by Gasteiger charge is -2.05. The highest BCUT2D eigenvalue weighted by Gasteiger charge is 2.40. The standard InChI is InChI=1S/C12H15Br/c1-8(2)10-7-11(10)9-5-3-4-6-12(9)13/h3-6,8,10-11H,7H2,1-2H3. The lowest BCUT2D eigenvalue weighted by molar-refractivity contribution is 0.548. The molecule has 0 nitrogen and oxygen atoms in total. The molecule has 0 N–H and O–H groups in total. The molecule has 0 heterocycles. The summed E-state index contributed by atoms with van der Waals surface area (Å²) in [6, 6.07) is 8.61. The van der Waals surface area contributed by atoms with Crippen molar-refractivity contribution in [1.82, 2.24) is 0 Å². The molecule has 0 amide bonds. The average Bonchev–Trinajstić information content (AvgIpc) is 2.84. The van der Waals surface area contributed by atoms with E-state index in [1.54, 1.807) is 0 Å². The van der Waals surface area contributed by atoms with Gasteiger partial charge in [0, 0.05) is 4.47 Å². The summed E-state index contributed by atoms with van der Waals surface area (Å²) in [6.07, 6.45) is 1.38. The van der Waals surface area contributed by atoms with Crippen molar-refractivity contribution in [2.45, 2.75) is 26.2 Å². The molecule has 70 valence electrons. The highest BCUT2D eigenvalue weighted by molar-refractivity contribution is 9.10. The molecule has 1 aliphatic carbocycles. The Morgan fingerprint density at radius 2 is 2.00 bits per heavy atom. The van der Waals surface area contributed by atoms with E-state index in [4.69, 9.17) is 0 Å². The Morgan fingerprint density at radius 3 is 2.54 bits per heavy atom. The Hall–Kier alpha value is -0.300. The fraction of sp³-hybridized carbons (Fsp3) is 0.500.